The maximum absolute atomic E-state index is 10.7. The minimum Gasteiger partial charge on any atom is -0.368 e. The van der Waals surface area contributed by atoms with Gasteiger partial charge in [0.1, 0.15) is 0 Å². The summed E-state index contributed by atoms with van der Waals surface area (Å²) in [5, 5.41) is 15.6. The zero-order valence-corrected chi connectivity index (χ0v) is 16.0. The Morgan fingerprint density at radius 1 is 1.04 bits per heavy atom. The molecule has 1 N–H and O–H groups in total. The Morgan fingerprint density at radius 2 is 1.62 bits per heavy atom. The number of non-ortho nitro benzene ring substituents is 1. The Balaban J connectivity index is 1.57. The summed E-state index contributed by atoms with van der Waals surface area (Å²) in [6.45, 7) is 3.04. The van der Waals surface area contributed by atoms with Gasteiger partial charge in [-0.05, 0) is 42.5 Å². The van der Waals surface area contributed by atoms with E-state index in [2.05, 4.69) is 15.1 Å². The van der Waals surface area contributed by atoms with Crippen molar-refractivity contribution >= 4 is 57.6 Å². The third-order valence-corrected chi connectivity index (χ3v) is 4.90. The smallest absolute Gasteiger partial charge is 0.269 e. The minimum atomic E-state index is -0.395. The molecule has 0 aromatic heterocycles. The molecule has 1 aliphatic heterocycles. The second-order valence-electron chi connectivity index (χ2n) is 5.84. The summed E-state index contributed by atoms with van der Waals surface area (Å²) < 4.78 is 0. The molecule has 6 nitrogen and oxygen atoms in total. The molecular formula is C17H16Cl2N4O2S. The van der Waals surface area contributed by atoms with E-state index in [-0.39, 0.29) is 5.69 Å². The third kappa shape index (κ3) is 4.55. The number of anilines is 2. The molecule has 9 heteroatoms. The molecule has 0 atom stereocenters. The molecule has 1 fully saturated rings. The molecular weight excluding hydrogens is 395 g/mol. The first-order valence-corrected chi connectivity index (χ1v) is 9.10. The maximum atomic E-state index is 10.7. The lowest BCUT2D eigenvalue weighted by atomic mass is 10.2. The fourth-order valence-electron chi connectivity index (χ4n) is 2.78. The molecule has 26 heavy (non-hydrogen) atoms. The topological polar surface area (TPSA) is 61.7 Å². The molecule has 3 rings (SSSR count). The van der Waals surface area contributed by atoms with Crippen molar-refractivity contribution in [2.45, 2.75) is 0 Å². The number of halogens is 2. The van der Waals surface area contributed by atoms with Gasteiger partial charge in [-0.25, -0.2) is 0 Å². The molecule has 0 amide bonds. The average molecular weight is 411 g/mol. The van der Waals surface area contributed by atoms with E-state index in [1.54, 1.807) is 30.3 Å². The van der Waals surface area contributed by atoms with Crippen molar-refractivity contribution in [1.82, 2.24) is 4.90 Å². The van der Waals surface area contributed by atoms with Crippen LogP contribution in [0.5, 0.6) is 0 Å². The molecule has 1 aliphatic rings. The van der Waals surface area contributed by atoms with Crippen LogP contribution in [-0.4, -0.2) is 41.1 Å². The number of rotatable bonds is 3. The van der Waals surface area contributed by atoms with Crippen molar-refractivity contribution in [3.8, 4) is 0 Å². The Bertz CT molecular complexity index is 804. The first-order chi connectivity index (χ1) is 12.4. The highest BCUT2D eigenvalue weighted by atomic mass is 35.5. The summed E-state index contributed by atoms with van der Waals surface area (Å²) >= 11 is 17.5. The summed E-state index contributed by atoms with van der Waals surface area (Å²) in [6.07, 6.45) is 0. The van der Waals surface area contributed by atoms with E-state index in [9.17, 15) is 10.1 Å². The van der Waals surface area contributed by atoms with Gasteiger partial charge in [-0.15, -0.1) is 0 Å². The molecule has 0 spiro atoms. The molecule has 0 radical (unpaired) electrons. The van der Waals surface area contributed by atoms with Gasteiger partial charge in [0.05, 0.1) is 4.92 Å². The molecule has 1 saturated heterocycles. The van der Waals surface area contributed by atoms with Gasteiger partial charge in [0, 0.05) is 59.7 Å². The maximum Gasteiger partial charge on any atom is 0.269 e. The lowest BCUT2D eigenvalue weighted by Gasteiger charge is -2.37. The SMILES string of the molecule is O=[N+]([O-])c1ccc(N2CCN(C(=S)Nc3cc(Cl)cc(Cl)c3)CC2)cc1. The number of piperazine rings is 1. The number of hydrogen-bond acceptors (Lipinski definition) is 4. The highest BCUT2D eigenvalue weighted by Gasteiger charge is 2.20. The van der Waals surface area contributed by atoms with Crippen LogP contribution in [0, 0.1) is 10.1 Å². The van der Waals surface area contributed by atoms with E-state index in [0.29, 0.717) is 15.2 Å². The van der Waals surface area contributed by atoms with E-state index in [1.165, 1.54) is 12.1 Å². The second kappa shape index (κ2) is 8.07. The van der Waals surface area contributed by atoms with E-state index >= 15 is 0 Å². The second-order valence-corrected chi connectivity index (χ2v) is 7.10. The molecule has 2 aromatic carbocycles. The highest BCUT2D eigenvalue weighted by Crippen LogP contribution is 2.24. The first-order valence-electron chi connectivity index (χ1n) is 7.94. The molecule has 136 valence electrons. The minimum absolute atomic E-state index is 0.0953. The molecule has 1 heterocycles. The van der Waals surface area contributed by atoms with E-state index in [1.807, 2.05) is 0 Å². The van der Waals surface area contributed by atoms with Crippen molar-refractivity contribution in [2.24, 2.45) is 0 Å². The summed E-state index contributed by atoms with van der Waals surface area (Å²) in [7, 11) is 0. The summed E-state index contributed by atoms with van der Waals surface area (Å²) in [5.74, 6) is 0. The third-order valence-electron chi connectivity index (χ3n) is 4.11. The Kier molecular flexibility index (Phi) is 5.80. The number of hydrogen-bond donors (Lipinski definition) is 1. The van der Waals surface area contributed by atoms with Crippen molar-refractivity contribution in [1.29, 1.82) is 0 Å². The van der Waals surface area contributed by atoms with Gasteiger partial charge < -0.3 is 15.1 Å². The molecule has 0 aliphatic carbocycles. The average Bonchev–Trinajstić information content (AvgIpc) is 2.61. The lowest BCUT2D eigenvalue weighted by Crippen LogP contribution is -2.50. The van der Waals surface area contributed by atoms with Crippen LogP contribution in [0.25, 0.3) is 0 Å². The quantitative estimate of drug-likeness (QED) is 0.458. The number of nitrogens with one attached hydrogen (secondary N) is 1. The van der Waals surface area contributed by atoms with Crippen molar-refractivity contribution in [2.75, 3.05) is 36.4 Å². The zero-order valence-electron chi connectivity index (χ0n) is 13.7. The lowest BCUT2D eigenvalue weighted by molar-refractivity contribution is -0.384. The van der Waals surface area contributed by atoms with E-state index in [4.69, 9.17) is 35.4 Å². The fraction of sp³-hybridized carbons (Fsp3) is 0.235. The van der Waals surface area contributed by atoms with E-state index < -0.39 is 4.92 Å². The van der Waals surface area contributed by atoms with Crippen LogP contribution in [0.15, 0.2) is 42.5 Å². The number of nitrogens with zero attached hydrogens (tertiary/aromatic N) is 3. The summed E-state index contributed by atoms with van der Waals surface area (Å²) in [5.41, 5.74) is 1.82. The van der Waals surface area contributed by atoms with Crippen molar-refractivity contribution in [3.05, 3.63) is 62.6 Å². The van der Waals surface area contributed by atoms with Gasteiger partial charge >= 0.3 is 0 Å². The van der Waals surface area contributed by atoms with Crippen LogP contribution in [0.2, 0.25) is 10.0 Å². The predicted molar refractivity (Wildman–Crippen MR) is 110 cm³/mol. The summed E-state index contributed by atoms with van der Waals surface area (Å²) in [6, 6.07) is 11.8. The van der Waals surface area contributed by atoms with Crippen molar-refractivity contribution in [3.63, 3.8) is 0 Å². The fourth-order valence-corrected chi connectivity index (χ4v) is 3.61. The van der Waals surface area contributed by atoms with Gasteiger partial charge in [-0.1, -0.05) is 23.2 Å². The van der Waals surface area contributed by atoms with Gasteiger partial charge in [-0.3, -0.25) is 10.1 Å². The van der Waals surface area contributed by atoms with Crippen molar-refractivity contribution < 1.29 is 4.92 Å². The number of nitro benzene ring substituents is 1. The predicted octanol–water partition coefficient (Wildman–Crippen LogP) is 4.42. The summed E-state index contributed by atoms with van der Waals surface area (Å²) in [4.78, 5) is 14.6. The van der Waals surface area contributed by atoms with Gasteiger partial charge in [0.2, 0.25) is 0 Å². The van der Waals surface area contributed by atoms with Gasteiger partial charge in [-0.2, -0.15) is 0 Å². The number of benzene rings is 2. The van der Waals surface area contributed by atoms with Crippen LogP contribution in [0.3, 0.4) is 0 Å². The largest absolute Gasteiger partial charge is 0.368 e. The molecule has 2 aromatic rings. The van der Waals surface area contributed by atoms with Crippen LogP contribution in [0.1, 0.15) is 0 Å². The van der Waals surface area contributed by atoms with Crippen LogP contribution < -0.4 is 10.2 Å². The Morgan fingerprint density at radius 3 is 2.15 bits per heavy atom. The molecule has 0 bridgehead atoms. The van der Waals surface area contributed by atoms with E-state index in [0.717, 1.165) is 37.6 Å². The zero-order chi connectivity index (χ0) is 18.7. The Labute approximate surface area is 166 Å². The van der Waals surface area contributed by atoms with Crippen LogP contribution >= 0.6 is 35.4 Å². The highest BCUT2D eigenvalue weighted by molar-refractivity contribution is 7.80. The molecule has 0 saturated carbocycles. The normalized spacial score (nSPS) is 14.2. The molecule has 0 unspecified atom stereocenters. The van der Waals surface area contributed by atoms with Crippen LogP contribution in [-0.2, 0) is 0 Å². The van der Waals surface area contributed by atoms with Gasteiger partial charge in [0.15, 0.2) is 5.11 Å². The first kappa shape index (κ1) is 18.7. The van der Waals surface area contributed by atoms with Gasteiger partial charge in [0.25, 0.3) is 5.69 Å². The number of thiocarbonyl (C=S) groups is 1. The number of nitro groups is 1. The standard InChI is InChI=1S/C17H16Cl2N4O2S/c18-12-9-13(19)11-14(10-12)20-17(26)22-7-5-21(6-8-22)15-1-3-16(4-2-15)23(24)25/h1-4,9-11H,5-8H2,(H,20,26). The van der Waals surface area contributed by atoms with Crippen LogP contribution in [0.4, 0.5) is 17.1 Å². The Hall–Kier alpha value is -2.09. The monoisotopic (exact) mass is 410 g/mol.